The average molecular weight is 327 g/mol. The van der Waals surface area contributed by atoms with Crippen LogP contribution in [0.1, 0.15) is 19.3 Å². The predicted molar refractivity (Wildman–Crippen MR) is 79.5 cm³/mol. The van der Waals surface area contributed by atoms with Gasteiger partial charge in [0.15, 0.2) is 0 Å². The third kappa shape index (κ3) is 4.21. The van der Waals surface area contributed by atoms with Gasteiger partial charge in [-0.15, -0.1) is 0 Å². The van der Waals surface area contributed by atoms with Gasteiger partial charge in [0.1, 0.15) is 5.75 Å². The van der Waals surface area contributed by atoms with Crippen molar-refractivity contribution in [2.24, 2.45) is 5.92 Å². The second-order valence-electron chi connectivity index (χ2n) is 4.79. The van der Waals surface area contributed by atoms with Crippen LogP contribution in [0, 0.1) is 5.92 Å². The van der Waals surface area contributed by atoms with Crippen molar-refractivity contribution in [2.75, 3.05) is 25.5 Å². The summed E-state index contributed by atoms with van der Waals surface area (Å²) in [6, 6.07) is 5.54. The molecule has 0 saturated carbocycles. The fourth-order valence-corrected chi connectivity index (χ4v) is 2.58. The van der Waals surface area contributed by atoms with E-state index in [1.807, 2.05) is 18.2 Å². The van der Waals surface area contributed by atoms with Gasteiger partial charge in [0.05, 0.1) is 12.8 Å². The average Bonchev–Trinajstić information content (AvgIpc) is 2.92. The van der Waals surface area contributed by atoms with Crippen molar-refractivity contribution in [1.82, 2.24) is 5.32 Å². The normalized spacial score (nSPS) is 18.3. The van der Waals surface area contributed by atoms with Gasteiger partial charge in [-0.2, -0.15) is 0 Å². The summed E-state index contributed by atoms with van der Waals surface area (Å²) in [5.74, 6) is 1.43. The molecule has 1 fully saturated rings. The monoisotopic (exact) mass is 326 g/mol. The Hall–Kier alpha value is -1.07. The van der Waals surface area contributed by atoms with Crippen LogP contribution in [0.3, 0.4) is 0 Å². The van der Waals surface area contributed by atoms with Gasteiger partial charge >= 0.3 is 0 Å². The number of hydrogen-bond acceptors (Lipinski definition) is 3. The van der Waals surface area contributed by atoms with Crippen LogP contribution in [0.25, 0.3) is 0 Å². The van der Waals surface area contributed by atoms with E-state index in [1.54, 1.807) is 7.11 Å². The number of rotatable bonds is 5. The lowest BCUT2D eigenvalue weighted by molar-refractivity contribution is -0.116. The predicted octanol–water partition coefficient (Wildman–Crippen LogP) is 2.79. The van der Waals surface area contributed by atoms with E-state index in [0.29, 0.717) is 12.3 Å². The third-order valence-electron chi connectivity index (χ3n) is 3.39. The zero-order valence-corrected chi connectivity index (χ0v) is 12.6. The van der Waals surface area contributed by atoms with Crippen molar-refractivity contribution in [1.29, 1.82) is 0 Å². The Kier molecular flexibility index (Phi) is 5.22. The molecule has 1 unspecified atom stereocenters. The number of hydrogen-bond donors (Lipinski definition) is 2. The molecule has 0 radical (unpaired) electrons. The summed E-state index contributed by atoms with van der Waals surface area (Å²) >= 11 is 3.43. The van der Waals surface area contributed by atoms with Crippen molar-refractivity contribution in [3.8, 4) is 5.75 Å². The topological polar surface area (TPSA) is 50.4 Å². The molecule has 0 aromatic heterocycles. The van der Waals surface area contributed by atoms with Gasteiger partial charge in [-0.1, -0.05) is 0 Å². The Morgan fingerprint density at radius 1 is 1.58 bits per heavy atom. The highest BCUT2D eigenvalue weighted by atomic mass is 79.9. The highest BCUT2D eigenvalue weighted by Crippen LogP contribution is 2.27. The summed E-state index contributed by atoms with van der Waals surface area (Å²) in [4.78, 5) is 11.9. The van der Waals surface area contributed by atoms with Crippen molar-refractivity contribution in [3.05, 3.63) is 22.7 Å². The minimum Gasteiger partial charge on any atom is -0.497 e. The summed E-state index contributed by atoms with van der Waals surface area (Å²) in [5, 5.41) is 6.24. The van der Waals surface area contributed by atoms with Gasteiger partial charge in [-0.05, 0) is 59.9 Å². The molecule has 0 bridgehead atoms. The number of carbonyl (C=O) groups excluding carboxylic acids is 1. The van der Waals surface area contributed by atoms with Gasteiger partial charge < -0.3 is 15.4 Å². The van der Waals surface area contributed by atoms with E-state index in [0.717, 1.165) is 35.4 Å². The zero-order valence-electron chi connectivity index (χ0n) is 11.0. The van der Waals surface area contributed by atoms with Crippen molar-refractivity contribution in [2.45, 2.75) is 19.3 Å². The number of halogens is 1. The first-order chi connectivity index (χ1) is 9.19. The Morgan fingerprint density at radius 3 is 3.11 bits per heavy atom. The standard InChI is InChI=1S/C14H19BrN2O2/c1-19-11-3-4-12(15)13(8-11)17-14(18)5-2-10-6-7-16-9-10/h3-4,8,10,16H,2,5-7,9H2,1H3,(H,17,18). The number of nitrogens with one attached hydrogen (secondary N) is 2. The van der Waals surface area contributed by atoms with Gasteiger partial charge in [-0.25, -0.2) is 0 Å². The maximum Gasteiger partial charge on any atom is 0.224 e. The highest BCUT2D eigenvalue weighted by molar-refractivity contribution is 9.10. The van der Waals surface area contributed by atoms with Crippen molar-refractivity contribution in [3.63, 3.8) is 0 Å². The Morgan fingerprint density at radius 2 is 2.42 bits per heavy atom. The summed E-state index contributed by atoms with van der Waals surface area (Å²) in [7, 11) is 1.61. The number of ether oxygens (including phenoxy) is 1. The first kappa shape index (κ1) is 14.3. The molecule has 1 saturated heterocycles. The minimum absolute atomic E-state index is 0.0563. The molecule has 2 rings (SSSR count). The molecule has 19 heavy (non-hydrogen) atoms. The van der Waals surface area contributed by atoms with Gasteiger partial charge in [0.25, 0.3) is 0 Å². The molecule has 1 aliphatic heterocycles. The molecular weight excluding hydrogens is 308 g/mol. The molecule has 1 amide bonds. The smallest absolute Gasteiger partial charge is 0.224 e. The first-order valence-corrected chi connectivity index (χ1v) is 7.32. The zero-order chi connectivity index (χ0) is 13.7. The van der Waals surface area contributed by atoms with Gasteiger partial charge in [0.2, 0.25) is 5.91 Å². The van der Waals surface area contributed by atoms with Crippen molar-refractivity contribution >= 4 is 27.5 Å². The van der Waals surface area contributed by atoms with Crippen LogP contribution in [0.15, 0.2) is 22.7 Å². The van der Waals surface area contributed by atoms with Crippen LogP contribution >= 0.6 is 15.9 Å². The van der Waals surface area contributed by atoms with E-state index < -0.39 is 0 Å². The van der Waals surface area contributed by atoms with Crippen LogP contribution < -0.4 is 15.4 Å². The van der Waals surface area contributed by atoms with Crippen LogP contribution in [0.5, 0.6) is 5.75 Å². The second kappa shape index (κ2) is 6.91. The quantitative estimate of drug-likeness (QED) is 0.874. The molecule has 0 aliphatic carbocycles. The maximum absolute atomic E-state index is 11.9. The minimum atomic E-state index is 0.0563. The van der Waals surface area contributed by atoms with Gasteiger partial charge in [0, 0.05) is 17.0 Å². The lowest BCUT2D eigenvalue weighted by Crippen LogP contribution is -2.15. The lowest BCUT2D eigenvalue weighted by atomic mass is 10.0. The van der Waals surface area contributed by atoms with Crippen LogP contribution in [0.2, 0.25) is 0 Å². The molecule has 1 aromatic rings. The van der Waals surface area contributed by atoms with E-state index >= 15 is 0 Å². The highest BCUT2D eigenvalue weighted by Gasteiger charge is 2.16. The summed E-state index contributed by atoms with van der Waals surface area (Å²) in [6.07, 6.45) is 2.69. The summed E-state index contributed by atoms with van der Waals surface area (Å²) < 4.78 is 6.02. The number of methoxy groups -OCH3 is 1. The second-order valence-corrected chi connectivity index (χ2v) is 5.65. The largest absolute Gasteiger partial charge is 0.497 e. The van der Waals surface area contributed by atoms with Crippen LogP contribution in [0.4, 0.5) is 5.69 Å². The molecule has 1 aliphatic rings. The van der Waals surface area contributed by atoms with Crippen LogP contribution in [-0.4, -0.2) is 26.1 Å². The number of benzene rings is 1. The molecule has 4 nitrogen and oxygen atoms in total. The Balaban J connectivity index is 1.87. The van der Waals surface area contributed by atoms with E-state index in [4.69, 9.17) is 4.74 Å². The van der Waals surface area contributed by atoms with E-state index in [2.05, 4.69) is 26.6 Å². The van der Waals surface area contributed by atoms with Crippen LogP contribution in [-0.2, 0) is 4.79 Å². The van der Waals surface area contributed by atoms with Crippen molar-refractivity contribution < 1.29 is 9.53 Å². The first-order valence-electron chi connectivity index (χ1n) is 6.53. The fraction of sp³-hybridized carbons (Fsp3) is 0.500. The summed E-state index contributed by atoms with van der Waals surface area (Å²) in [5.41, 5.74) is 0.758. The molecule has 1 heterocycles. The Bertz CT molecular complexity index is 445. The fourth-order valence-electron chi connectivity index (χ4n) is 2.24. The number of amides is 1. The SMILES string of the molecule is COc1ccc(Br)c(NC(=O)CCC2CCNC2)c1. The molecule has 5 heteroatoms. The number of anilines is 1. The molecule has 1 aromatic carbocycles. The Labute approximate surface area is 122 Å². The molecule has 104 valence electrons. The van der Waals surface area contributed by atoms with E-state index in [1.165, 1.54) is 6.42 Å². The van der Waals surface area contributed by atoms with E-state index in [9.17, 15) is 4.79 Å². The molecule has 0 spiro atoms. The number of carbonyl (C=O) groups is 1. The molecule has 2 N–H and O–H groups in total. The molecule has 1 atom stereocenters. The van der Waals surface area contributed by atoms with E-state index in [-0.39, 0.29) is 5.91 Å². The molecular formula is C14H19BrN2O2. The third-order valence-corrected chi connectivity index (χ3v) is 4.08. The maximum atomic E-state index is 11.9. The lowest BCUT2D eigenvalue weighted by Gasteiger charge is -2.11. The van der Waals surface area contributed by atoms with Gasteiger partial charge in [-0.3, -0.25) is 4.79 Å². The summed E-state index contributed by atoms with van der Waals surface area (Å²) in [6.45, 7) is 2.11.